The number of benzene rings is 1. The number of aromatic nitrogens is 1. The second kappa shape index (κ2) is 3.75. The van der Waals surface area contributed by atoms with Gasteiger partial charge in [0.05, 0.1) is 5.69 Å². The molecule has 1 nitrogen and oxygen atoms in total. The number of hydrogen-bond acceptors (Lipinski definition) is 1. The molecule has 0 saturated carbocycles. The average molecular weight is 209 g/mol. The van der Waals surface area contributed by atoms with Crippen molar-refractivity contribution >= 4 is 0 Å². The first-order valence-electron chi connectivity index (χ1n) is 5.89. The van der Waals surface area contributed by atoms with Gasteiger partial charge in [0.1, 0.15) is 0 Å². The molecule has 1 aromatic heterocycles. The number of rotatable bonds is 1. The van der Waals surface area contributed by atoms with Gasteiger partial charge in [0.25, 0.3) is 0 Å². The molecule has 1 heteroatoms. The van der Waals surface area contributed by atoms with Crippen molar-refractivity contribution in [2.75, 3.05) is 0 Å². The van der Waals surface area contributed by atoms with Crippen molar-refractivity contribution in [3.63, 3.8) is 0 Å². The molecule has 0 unspecified atom stereocenters. The van der Waals surface area contributed by atoms with Crippen LogP contribution in [0.4, 0.5) is 0 Å². The van der Waals surface area contributed by atoms with Crippen molar-refractivity contribution in [2.24, 2.45) is 0 Å². The molecular formula is C15H15N. The molecule has 1 atom stereocenters. The lowest BCUT2D eigenvalue weighted by Gasteiger charge is -2.06. The predicted octanol–water partition coefficient (Wildman–Crippen LogP) is 3.80. The van der Waals surface area contributed by atoms with Gasteiger partial charge in [-0.15, -0.1) is 0 Å². The smallest absolute Gasteiger partial charge is 0.0702 e. The topological polar surface area (TPSA) is 12.9 Å². The summed E-state index contributed by atoms with van der Waals surface area (Å²) in [6.45, 7) is 2.31. The second-order valence-electron chi connectivity index (χ2n) is 4.57. The molecule has 0 fully saturated rings. The number of nitrogens with zero attached hydrogens (tertiary/aromatic N) is 1. The molecule has 1 aliphatic carbocycles. The maximum Gasteiger partial charge on any atom is 0.0702 e. The SMILES string of the molecule is C[C@H]1CCc2cc(-c3ccccn3)ccc21. The Hall–Kier alpha value is -1.63. The van der Waals surface area contributed by atoms with Crippen molar-refractivity contribution in [1.29, 1.82) is 0 Å². The fraction of sp³-hybridized carbons (Fsp3) is 0.267. The van der Waals surface area contributed by atoms with Crippen LogP contribution in [0.25, 0.3) is 11.3 Å². The van der Waals surface area contributed by atoms with E-state index in [2.05, 4.69) is 36.2 Å². The molecule has 0 N–H and O–H groups in total. The van der Waals surface area contributed by atoms with Crippen molar-refractivity contribution in [3.8, 4) is 11.3 Å². The van der Waals surface area contributed by atoms with Gasteiger partial charge in [0, 0.05) is 11.8 Å². The maximum absolute atomic E-state index is 4.39. The quantitative estimate of drug-likeness (QED) is 0.696. The average Bonchev–Trinajstić information content (AvgIpc) is 2.72. The van der Waals surface area contributed by atoms with E-state index in [1.807, 2.05) is 18.3 Å². The van der Waals surface area contributed by atoms with Gasteiger partial charge in [-0.2, -0.15) is 0 Å². The van der Waals surface area contributed by atoms with Crippen molar-refractivity contribution in [3.05, 3.63) is 53.7 Å². The number of hydrogen-bond donors (Lipinski definition) is 0. The van der Waals surface area contributed by atoms with Crippen molar-refractivity contribution < 1.29 is 0 Å². The van der Waals surface area contributed by atoms with E-state index in [0.29, 0.717) is 0 Å². The Balaban J connectivity index is 2.06. The van der Waals surface area contributed by atoms with E-state index in [1.165, 1.54) is 29.5 Å². The molecule has 0 saturated heterocycles. The molecule has 0 amide bonds. The van der Waals surface area contributed by atoms with Crippen LogP contribution in [0.5, 0.6) is 0 Å². The van der Waals surface area contributed by atoms with Crippen LogP contribution in [0.2, 0.25) is 0 Å². The zero-order chi connectivity index (χ0) is 11.0. The summed E-state index contributed by atoms with van der Waals surface area (Å²) in [6, 6.07) is 12.8. The van der Waals surface area contributed by atoms with Gasteiger partial charge in [-0.05, 0) is 48.1 Å². The lowest BCUT2D eigenvalue weighted by atomic mass is 10.0. The summed E-state index contributed by atoms with van der Waals surface area (Å²) in [4.78, 5) is 4.39. The Kier molecular flexibility index (Phi) is 2.24. The molecule has 80 valence electrons. The van der Waals surface area contributed by atoms with Crippen LogP contribution < -0.4 is 0 Å². The monoisotopic (exact) mass is 209 g/mol. The van der Waals surface area contributed by atoms with Crippen LogP contribution in [-0.2, 0) is 6.42 Å². The zero-order valence-corrected chi connectivity index (χ0v) is 9.48. The van der Waals surface area contributed by atoms with Crippen LogP contribution in [-0.4, -0.2) is 4.98 Å². The first-order valence-corrected chi connectivity index (χ1v) is 5.89. The molecule has 2 aromatic rings. The van der Waals surface area contributed by atoms with Gasteiger partial charge in [-0.25, -0.2) is 0 Å². The minimum Gasteiger partial charge on any atom is -0.256 e. The predicted molar refractivity (Wildman–Crippen MR) is 66.4 cm³/mol. The van der Waals surface area contributed by atoms with Gasteiger partial charge >= 0.3 is 0 Å². The highest BCUT2D eigenvalue weighted by atomic mass is 14.7. The van der Waals surface area contributed by atoms with Crippen LogP contribution in [0, 0.1) is 0 Å². The Morgan fingerprint density at radius 1 is 1.19 bits per heavy atom. The van der Waals surface area contributed by atoms with E-state index in [0.717, 1.165) is 11.6 Å². The minimum absolute atomic E-state index is 0.729. The normalized spacial score (nSPS) is 18.4. The lowest BCUT2D eigenvalue weighted by Crippen LogP contribution is -1.88. The van der Waals surface area contributed by atoms with E-state index < -0.39 is 0 Å². The third-order valence-electron chi connectivity index (χ3n) is 3.48. The first-order chi connectivity index (χ1) is 7.84. The first kappa shape index (κ1) is 9.59. The number of pyridine rings is 1. The summed E-state index contributed by atoms with van der Waals surface area (Å²) in [5, 5.41) is 0. The molecule has 0 bridgehead atoms. The standard InChI is InChI=1S/C15H15N/c1-11-5-6-12-10-13(7-8-14(11)12)15-4-2-3-9-16-15/h2-4,7-11H,5-6H2,1H3/t11-/m0/s1. The molecule has 1 aliphatic rings. The Morgan fingerprint density at radius 3 is 2.94 bits per heavy atom. The molecular weight excluding hydrogens is 194 g/mol. The zero-order valence-electron chi connectivity index (χ0n) is 9.48. The Labute approximate surface area is 96.2 Å². The fourth-order valence-electron chi connectivity index (χ4n) is 2.52. The highest BCUT2D eigenvalue weighted by molar-refractivity contribution is 5.61. The molecule has 3 rings (SSSR count). The lowest BCUT2D eigenvalue weighted by molar-refractivity contribution is 0.747. The summed E-state index contributed by atoms with van der Waals surface area (Å²) in [6.07, 6.45) is 4.36. The summed E-state index contributed by atoms with van der Waals surface area (Å²) >= 11 is 0. The Morgan fingerprint density at radius 2 is 2.12 bits per heavy atom. The van der Waals surface area contributed by atoms with Gasteiger partial charge in [0.2, 0.25) is 0 Å². The highest BCUT2D eigenvalue weighted by Gasteiger charge is 2.18. The van der Waals surface area contributed by atoms with Crippen LogP contribution in [0.15, 0.2) is 42.6 Å². The van der Waals surface area contributed by atoms with E-state index in [9.17, 15) is 0 Å². The van der Waals surface area contributed by atoms with E-state index in [-0.39, 0.29) is 0 Å². The largest absolute Gasteiger partial charge is 0.256 e. The van der Waals surface area contributed by atoms with Crippen LogP contribution in [0.3, 0.4) is 0 Å². The van der Waals surface area contributed by atoms with Gasteiger partial charge in [0.15, 0.2) is 0 Å². The number of fused-ring (bicyclic) bond motifs is 1. The van der Waals surface area contributed by atoms with E-state index in [4.69, 9.17) is 0 Å². The molecule has 0 aliphatic heterocycles. The van der Waals surface area contributed by atoms with Gasteiger partial charge in [-0.1, -0.05) is 25.1 Å². The Bertz CT molecular complexity index is 502. The molecule has 16 heavy (non-hydrogen) atoms. The molecule has 1 heterocycles. The summed E-state index contributed by atoms with van der Waals surface area (Å²) < 4.78 is 0. The summed E-state index contributed by atoms with van der Waals surface area (Å²) in [7, 11) is 0. The number of aryl methyl sites for hydroxylation is 1. The highest BCUT2D eigenvalue weighted by Crippen LogP contribution is 2.34. The van der Waals surface area contributed by atoms with E-state index >= 15 is 0 Å². The van der Waals surface area contributed by atoms with Gasteiger partial charge < -0.3 is 0 Å². The van der Waals surface area contributed by atoms with Crippen molar-refractivity contribution in [2.45, 2.75) is 25.7 Å². The molecule has 0 spiro atoms. The van der Waals surface area contributed by atoms with Crippen LogP contribution in [0.1, 0.15) is 30.4 Å². The summed E-state index contributed by atoms with van der Waals surface area (Å²) in [5.74, 6) is 0.729. The third-order valence-corrected chi connectivity index (χ3v) is 3.48. The second-order valence-corrected chi connectivity index (χ2v) is 4.57. The fourth-order valence-corrected chi connectivity index (χ4v) is 2.52. The van der Waals surface area contributed by atoms with E-state index in [1.54, 1.807) is 0 Å². The summed E-state index contributed by atoms with van der Waals surface area (Å²) in [5.41, 5.74) is 5.36. The van der Waals surface area contributed by atoms with Gasteiger partial charge in [-0.3, -0.25) is 4.98 Å². The van der Waals surface area contributed by atoms with Crippen molar-refractivity contribution in [1.82, 2.24) is 4.98 Å². The van der Waals surface area contributed by atoms with Crippen LogP contribution >= 0.6 is 0 Å². The molecule has 1 aromatic carbocycles. The minimum atomic E-state index is 0.729. The molecule has 0 radical (unpaired) electrons. The maximum atomic E-state index is 4.39. The third kappa shape index (κ3) is 1.53.